The SMILES string of the molecule is CC(=NOCC(C)C)OCCCC(C)Oc1c(Cl)cc(OCC=C(Cl)Cl)cc1Cl. The molecule has 1 rings (SSSR count). The van der Waals surface area contributed by atoms with E-state index in [9.17, 15) is 0 Å². The summed E-state index contributed by atoms with van der Waals surface area (Å²) >= 11 is 23.7. The first-order chi connectivity index (χ1) is 13.7. The largest absolute Gasteiger partial charge is 0.489 e. The molecule has 0 aromatic heterocycles. The first kappa shape index (κ1) is 26.0. The molecule has 5 nitrogen and oxygen atoms in total. The molecular formula is C20H27Cl4NO4. The average molecular weight is 487 g/mol. The second kappa shape index (κ2) is 14.1. The van der Waals surface area contributed by atoms with Crippen LogP contribution in [0, 0.1) is 5.92 Å². The van der Waals surface area contributed by atoms with Crippen LogP contribution >= 0.6 is 46.4 Å². The van der Waals surface area contributed by atoms with Crippen LogP contribution in [0.25, 0.3) is 0 Å². The summed E-state index contributed by atoms with van der Waals surface area (Å²) in [5.74, 6) is 1.84. The molecule has 164 valence electrons. The molecule has 0 spiro atoms. The van der Waals surface area contributed by atoms with E-state index in [1.165, 1.54) is 6.08 Å². The van der Waals surface area contributed by atoms with Gasteiger partial charge in [0.15, 0.2) is 5.75 Å². The Morgan fingerprint density at radius 2 is 1.79 bits per heavy atom. The monoisotopic (exact) mass is 485 g/mol. The van der Waals surface area contributed by atoms with Crippen LogP contribution in [0.15, 0.2) is 27.9 Å². The number of halogens is 4. The summed E-state index contributed by atoms with van der Waals surface area (Å²) in [4.78, 5) is 5.17. The van der Waals surface area contributed by atoms with Gasteiger partial charge in [0, 0.05) is 19.1 Å². The highest BCUT2D eigenvalue weighted by Crippen LogP contribution is 2.37. The molecule has 0 radical (unpaired) electrons. The predicted octanol–water partition coefficient (Wildman–Crippen LogP) is 7.26. The van der Waals surface area contributed by atoms with Crippen molar-refractivity contribution in [3.05, 3.63) is 32.7 Å². The van der Waals surface area contributed by atoms with Crippen molar-refractivity contribution < 1.29 is 19.0 Å². The zero-order chi connectivity index (χ0) is 21.8. The zero-order valence-electron chi connectivity index (χ0n) is 17.0. The third-order valence-corrected chi connectivity index (χ3v) is 4.32. The van der Waals surface area contributed by atoms with Crippen LogP contribution in [0.5, 0.6) is 11.5 Å². The predicted molar refractivity (Wildman–Crippen MR) is 121 cm³/mol. The van der Waals surface area contributed by atoms with E-state index in [0.29, 0.717) is 46.6 Å². The van der Waals surface area contributed by atoms with Gasteiger partial charge in [-0.25, -0.2) is 0 Å². The molecule has 0 N–H and O–H groups in total. The van der Waals surface area contributed by atoms with Gasteiger partial charge in [0.05, 0.1) is 22.8 Å². The van der Waals surface area contributed by atoms with E-state index >= 15 is 0 Å². The van der Waals surface area contributed by atoms with E-state index in [4.69, 9.17) is 65.5 Å². The molecule has 0 bridgehead atoms. The molecule has 0 heterocycles. The average Bonchev–Trinajstić information content (AvgIpc) is 2.61. The molecule has 0 aliphatic rings. The minimum Gasteiger partial charge on any atom is -0.489 e. The van der Waals surface area contributed by atoms with E-state index in [1.54, 1.807) is 19.1 Å². The van der Waals surface area contributed by atoms with Gasteiger partial charge in [-0.05, 0) is 31.8 Å². The molecule has 0 aliphatic carbocycles. The van der Waals surface area contributed by atoms with Gasteiger partial charge in [0.1, 0.15) is 23.5 Å². The van der Waals surface area contributed by atoms with Crippen LogP contribution in [0.2, 0.25) is 10.0 Å². The summed E-state index contributed by atoms with van der Waals surface area (Å²) in [5, 5.41) is 4.63. The van der Waals surface area contributed by atoms with Crippen LogP contribution in [-0.4, -0.2) is 31.8 Å². The second-order valence-corrected chi connectivity index (χ2v) is 8.56. The quantitative estimate of drug-likeness (QED) is 0.135. The molecule has 0 aliphatic heterocycles. The maximum atomic E-state index is 6.28. The Balaban J connectivity index is 2.43. The molecular weight excluding hydrogens is 460 g/mol. The fourth-order valence-electron chi connectivity index (χ4n) is 2.09. The highest BCUT2D eigenvalue weighted by Gasteiger charge is 2.14. The van der Waals surface area contributed by atoms with E-state index < -0.39 is 0 Å². The molecule has 0 saturated carbocycles. The lowest BCUT2D eigenvalue weighted by atomic mass is 10.2. The third-order valence-electron chi connectivity index (χ3n) is 3.45. The van der Waals surface area contributed by atoms with Crippen LogP contribution in [-0.2, 0) is 9.57 Å². The standard InChI is InChI=1S/C20H27Cl4NO4/c1-13(2)12-28-25-15(4)26-8-5-6-14(3)29-20-17(21)10-16(11-18(20)22)27-9-7-19(23)24/h7,10-11,13-14H,5-6,8-9,12H2,1-4H3. The van der Waals surface area contributed by atoms with Crippen LogP contribution in [0.1, 0.15) is 40.5 Å². The summed E-state index contributed by atoms with van der Waals surface area (Å²) in [5.41, 5.74) is 0. The Hall–Kier alpha value is -1.01. The number of hydrogen-bond donors (Lipinski definition) is 0. The first-order valence-corrected chi connectivity index (χ1v) is 10.8. The maximum Gasteiger partial charge on any atom is 0.222 e. The van der Waals surface area contributed by atoms with Crippen LogP contribution in [0.3, 0.4) is 0 Å². The summed E-state index contributed by atoms with van der Waals surface area (Å²) in [7, 11) is 0. The van der Waals surface area contributed by atoms with E-state index in [2.05, 4.69) is 19.0 Å². The number of ether oxygens (including phenoxy) is 3. The van der Waals surface area contributed by atoms with Crippen molar-refractivity contribution in [2.45, 2.75) is 46.6 Å². The van der Waals surface area contributed by atoms with Crippen molar-refractivity contribution >= 4 is 52.3 Å². The highest BCUT2D eigenvalue weighted by atomic mass is 35.5. The lowest BCUT2D eigenvalue weighted by Crippen LogP contribution is -2.14. The van der Waals surface area contributed by atoms with Gasteiger partial charge in [-0.15, -0.1) is 0 Å². The summed E-state index contributed by atoms with van der Waals surface area (Å²) < 4.78 is 17.0. The topological polar surface area (TPSA) is 49.3 Å². The lowest BCUT2D eigenvalue weighted by molar-refractivity contribution is 0.107. The van der Waals surface area contributed by atoms with Crippen molar-refractivity contribution in [1.82, 2.24) is 0 Å². The second-order valence-electron chi connectivity index (χ2n) is 6.74. The smallest absolute Gasteiger partial charge is 0.222 e. The molecule has 9 heteroatoms. The molecule has 1 atom stereocenters. The Morgan fingerprint density at radius 3 is 2.38 bits per heavy atom. The van der Waals surface area contributed by atoms with E-state index in [0.717, 1.165) is 12.8 Å². The molecule has 0 amide bonds. The van der Waals surface area contributed by atoms with Gasteiger partial charge >= 0.3 is 0 Å². The lowest BCUT2D eigenvalue weighted by Gasteiger charge is -2.18. The summed E-state index contributed by atoms with van der Waals surface area (Å²) in [6, 6.07) is 3.26. The van der Waals surface area contributed by atoms with Gasteiger partial charge in [0.2, 0.25) is 5.90 Å². The summed E-state index contributed by atoms with van der Waals surface area (Å²) in [6.07, 6.45) is 2.94. The Labute approximate surface area is 192 Å². The first-order valence-electron chi connectivity index (χ1n) is 9.28. The van der Waals surface area contributed by atoms with Gasteiger partial charge in [-0.2, -0.15) is 0 Å². The van der Waals surface area contributed by atoms with Gasteiger partial charge in [-0.3, -0.25) is 0 Å². The Bertz CT molecular complexity index is 668. The third kappa shape index (κ3) is 11.7. The molecule has 0 fully saturated rings. The molecule has 0 saturated heterocycles. The van der Waals surface area contributed by atoms with E-state index in [-0.39, 0.29) is 17.2 Å². The van der Waals surface area contributed by atoms with Crippen LogP contribution < -0.4 is 9.47 Å². The summed E-state index contributed by atoms with van der Waals surface area (Å²) in [6.45, 7) is 9.10. The minimum atomic E-state index is -0.104. The Morgan fingerprint density at radius 1 is 1.14 bits per heavy atom. The molecule has 1 aromatic carbocycles. The molecule has 1 aromatic rings. The fraction of sp³-hybridized carbons (Fsp3) is 0.550. The number of rotatable bonds is 12. The molecule has 1 unspecified atom stereocenters. The number of hydrogen-bond acceptors (Lipinski definition) is 5. The highest BCUT2D eigenvalue weighted by molar-refractivity contribution is 6.55. The zero-order valence-corrected chi connectivity index (χ0v) is 20.0. The number of benzene rings is 1. The number of nitrogens with zero attached hydrogens (tertiary/aromatic N) is 1. The number of oxime groups is 1. The van der Waals surface area contributed by atoms with Gasteiger partial charge in [0.25, 0.3) is 0 Å². The fourth-order valence-corrected chi connectivity index (χ4v) is 2.77. The van der Waals surface area contributed by atoms with Gasteiger partial charge in [-0.1, -0.05) is 65.4 Å². The molecule has 29 heavy (non-hydrogen) atoms. The van der Waals surface area contributed by atoms with Crippen molar-refractivity contribution in [1.29, 1.82) is 0 Å². The van der Waals surface area contributed by atoms with Crippen molar-refractivity contribution in [3.63, 3.8) is 0 Å². The normalized spacial score (nSPS) is 12.5. The van der Waals surface area contributed by atoms with Crippen molar-refractivity contribution in [2.24, 2.45) is 11.1 Å². The van der Waals surface area contributed by atoms with Crippen molar-refractivity contribution in [2.75, 3.05) is 19.8 Å². The van der Waals surface area contributed by atoms with Crippen molar-refractivity contribution in [3.8, 4) is 11.5 Å². The maximum absolute atomic E-state index is 6.28. The van der Waals surface area contributed by atoms with E-state index in [1.807, 2.05) is 6.92 Å². The van der Waals surface area contributed by atoms with Gasteiger partial charge < -0.3 is 19.0 Å². The Kier molecular flexibility index (Phi) is 12.6. The minimum absolute atomic E-state index is 0.104. The van der Waals surface area contributed by atoms with Crippen LogP contribution in [0.4, 0.5) is 0 Å².